The molecule has 0 amide bonds. The summed E-state index contributed by atoms with van der Waals surface area (Å²) in [6.07, 6.45) is 0. The van der Waals surface area contributed by atoms with Gasteiger partial charge in [-0.25, -0.2) is 4.79 Å². The molecule has 0 saturated heterocycles. The van der Waals surface area contributed by atoms with Gasteiger partial charge in [-0.3, -0.25) is 0 Å². The van der Waals surface area contributed by atoms with E-state index in [2.05, 4.69) is 0 Å². The van der Waals surface area contributed by atoms with E-state index in [0.717, 1.165) is 5.56 Å². The summed E-state index contributed by atoms with van der Waals surface area (Å²) < 4.78 is 5.61. The number of hydrogen-bond acceptors (Lipinski definition) is 2. The third-order valence-corrected chi connectivity index (χ3v) is 3.04. The van der Waals surface area contributed by atoms with Crippen molar-refractivity contribution in [2.45, 2.75) is 13.5 Å². The Morgan fingerprint density at radius 1 is 1.26 bits per heavy atom. The van der Waals surface area contributed by atoms with E-state index in [0.29, 0.717) is 22.9 Å². The molecular formula is C15H13ClO3. The van der Waals surface area contributed by atoms with Crippen molar-refractivity contribution in [3.63, 3.8) is 0 Å². The van der Waals surface area contributed by atoms with Gasteiger partial charge >= 0.3 is 5.97 Å². The van der Waals surface area contributed by atoms with Gasteiger partial charge in [-0.05, 0) is 30.2 Å². The highest BCUT2D eigenvalue weighted by Gasteiger charge is 2.12. The Hall–Kier alpha value is -2.00. The lowest BCUT2D eigenvalue weighted by Gasteiger charge is -2.10. The maximum Gasteiger partial charge on any atom is 0.336 e. The van der Waals surface area contributed by atoms with Crippen LogP contribution >= 0.6 is 11.6 Å². The molecule has 1 N–H and O–H groups in total. The maximum atomic E-state index is 11.0. The highest BCUT2D eigenvalue weighted by Crippen LogP contribution is 2.28. The van der Waals surface area contributed by atoms with Crippen molar-refractivity contribution >= 4 is 17.6 Å². The Morgan fingerprint density at radius 2 is 1.95 bits per heavy atom. The first-order valence-electron chi connectivity index (χ1n) is 5.78. The molecule has 0 aliphatic carbocycles. The van der Waals surface area contributed by atoms with Crippen LogP contribution < -0.4 is 4.74 Å². The van der Waals surface area contributed by atoms with Crippen molar-refractivity contribution in [3.8, 4) is 5.75 Å². The number of rotatable bonds is 4. The highest BCUT2D eigenvalue weighted by atomic mass is 35.5. The van der Waals surface area contributed by atoms with Crippen LogP contribution in [0.15, 0.2) is 42.5 Å². The molecule has 0 heterocycles. The number of hydrogen-bond donors (Lipinski definition) is 1. The van der Waals surface area contributed by atoms with Crippen LogP contribution in [0, 0.1) is 6.92 Å². The molecule has 0 atom stereocenters. The van der Waals surface area contributed by atoms with Gasteiger partial charge in [-0.1, -0.05) is 41.9 Å². The first-order chi connectivity index (χ1) is 9.08. The lowest BCUT2D eigenvalue weighted by atomic mass is 10.1. The molecule has 2 aromatic carbocycles. The molecule has 4 heteroatoms. The fraction of sp³-hybridized carbons (Fsp3) is 0.133. The smallest absolute Gasteiger partial charge is 0.336 e. The Morgan fingerprint density at radius 3 is 2.58 bits per heavy atom. The summed E-state index contributed by atoms with van der Waals surface area (Å²) >= 11 is 6.02. The molecule has 0 unspecified atom stereocenters. The van der Waals surface area contributed by atoms with Crippen LogP contribution in [0.2, 0.25) is 5.02 Å². The van der Waals surface area contributed by atoms with Gasteiger partial charge in [0.15, 0.2) is 0 Å². The Labute approximate surface area is 116 Å². The van der Waals surface area contributed by atoms with Gasteiger partial charge < -0.3 is 9.84 Å². The fourth-order valence-corrected chi connectivity index (χ4v) is 1.95. The second-order valence-electron chi connectivity index (χ2n) is 4.18. The molecule has 19 heavy (non-hydrogen) atoms. The first-order valence-corrected chi connectivity index (χ1v) is 6.16. The molecule has 98 valence electrons. The lowest BCUT2D eigenvalue weighted by molar-refractivity contribution is 0.0696. The topological polar surface area (TPSA) is 46.5 Å². The highest BCUT2D eigenvalue weighted by molar-refractivity contribution is 6.32. The van der Waals surface area contributed by atoms with E-state index < -0.39 is 5.97 Å². The normalized spacial score (nSPS) is 10.2. The Balaban J connectivity index is 2.17. The largest absolute Gasteiger partial charge is 0.487 e. The summed E-state index contributed by atoms with van der Waals surface area (Å²) in [7, 11) is 0. The van der Waals surface area contributed by atoms with Gasteiger partial charge in [0.1, 0.15) is 12.4 Å². The van der Waals surface area contributed by atoms with Crippen LogP contribution in [0.5, 0.6) is 5.75 Å². The zero-order valence-electron chi connectivity index (χ0n) is 10.4. The SMILES string of the molecule is Cc1cc(OCc2ccccc2)c(Cl)cc1C(=O)O. The number of carboxylic acids is 1. The van der Waals surface area contributed by atoms with E-state index >= 15 is 0 Å². The molecule has 2 rings (SSSR count). The minimum atomic E-state index is -0.992. The molecule has 0 aromatic heterocycles. The van der Waals surface area contributed by atoms with Crippen molar-refractivity contribution in [3.05, 3.63) is 64.2 Å². The van der Waals surface area contributed by atoms with Crippen LogP contribution in [0.3, 0.4) is 0 Å². The summed E-state index contributed by atoms with van der Waals surface area (Å²) in [5.74, 6) is -0.498. The lowest BCUT2D eigenvalue weighted by Crippen LogP contribution is -2.02. The van der Waals surface area contributed by atoms with E-state index in [4.69, 9.17) is 21.4 Å². The van der Waals surface area contributed by atoms with Crippen LogP contribution in [-0.4, -0.2) is 11.1 Å². The van der Waals surface area contributed by atoms with Crippen LogP contribution in [-0.2, 0) is 6.61 Å². The molecule has 3 nitrogen and oxygen atoms in total. The quantitative estimate of drug-likeness (QED) is 0.920. The number of halogens is 1. The molecule has 0 aliphatic heterocycles. The number of aryl methyl sites for hydroxylation is 1. The number of ether oxygens (including phenoxy) is 1. The van der Waals surface area contributed by atoms with E-state index in [-0.39, 0.29) is 5.56 Å². The zero-order chi connectivity index (χ0) is 13.8. The molecule has 0 spiro atoms. The van der Waals surface area contributed by atoms with Gasteiger partial charge in [0, 0.05) is 0 Å². The van der Waals surface area contributed by atoms with Gasteiger partial charge in [-0.15, -0.1) is 0 Å². The molecule has 2 aromatic rings. The van der Waals surface area contributed by atoms with E-state index in [1.54, 1.807) is 13.0 Å². The molecular weight excluding hydrogens is 264 g/mol. The molecule has 0 fully saturated rings. The van der Waals surface area contributed by atoms with Gasteiger partial charge in [0.05, 0.1) is 10.6 Å². The first kappa shape index (κ1) is 13.4. The summed E-state index contributed by atoms with van der Waals surface area (Å²) in [6.45, 7) is 2.11. The van der Waals surface area contributed by atoms with Crippen LogP contribution in [0.4, 0.5) is 0 Å². The molecule has 0 saturated carbocycles. The Kier molecular flexibility index (Phi) is 4.07. The molecule has 0 radical (unpaired) electrons. The summed E-state index contributed by atoms with van der Waals surface area (Å²) in [5.41, 5.74) is 1.84. The van der Waals surface area contributed by atoms with Crippen LogP contribution in [0.1, 0.15) is 21.5 Å². The Bertz CT molecular complexity index is 594. The van der Waals surface area contributed by atoms with E-state index in [1.807, 2.05) is 30.3 Å². The number of carbonyl (C=O) groups is 1. The third kappa shape index (κ3) is 3.26. The van der Waals surface area contributed by atoms with Crippen LogP contribution in [0.25, 0.3) is 0 Å². The second-order valence-corrected chi connectivity index (χ2v) is 4.58. The standard InChI is InChI=1S/C15H13ClO3/c1-10-7-14(13(16)8-12(10)15(17)18)19-9-11-5-3-2-4-6-11/h2-8H,9H2,1H3,(H,17,18). The predicted octanol–water partition coefficient (Wildman–Crippen LogP) is 3.93. The van der Waals surface area contributed by atoms with Gasteiger partial charge in [-0.2, -0.15) is 0 Å². The minimum absolute atomic E-state index is 0.192. The fourth-order valence-electron chi connectivity index (χ4n) is 1.73. The van der Waals surface area contributed by atoms with Gasteiger partial charge in [0.25, 0.3) is 0 Å². The number of carboxylic acid groups (broad SMARTS) is 1. The molecule has 0 bridgehead atoms. The minimum Gasteiger partial charge on any atom is -0.487 e. The summed E-state index contributed by atoms with van der Waals surface area (Å²) in [4.78, 5) is 11.0. The monoisotopic (exact) mass is 276 g/mol. The number of benzene rings is 2. The van der Waals surface area contributed by atoms with Crippen molar-refractivity contribution in [1.82, 2.24) is 0 Å². The predicted molar refractivity (Wildman–Crippen MR) is 73.9 cm³/mol. The van der Waals surface area contributed by atoms with Gasteiger partial charge in [0.2, 0.25) is 0 Å². The average molecular weight is 277 g/mol. The van der Waals surface area contributed by atoms with E-state index in [1.165, 1.54) is 6.07 Å². The third-order valence-electron chi connectivity index (χ3n) is 2.75. The van der Waals surface area contributed by atoms with Crippen molar-refractivity contribution in [2.75, 3.05) is 0 Å². The average Bonchev–Trinajstić information content (AvgIpc) is 2.40. The summed E-state index contributed by atoms with van der Waals surface area (Å²) in [5, 5.41) is 9.29. The molecule has 0 aliphatic rings. The van der Waals surface area contributed by atoms with E-state index in [9.17, 15) is 4.79 Å². The second kappa shape index (κ2) is 5.76. The van der Waals surface area contributed by atoms with Crippen molar-refractivity contribution < 1.29 is 14.6 Å². The maximum absolute atomic E-state index is 11.0. The van der Waals surface area contributed by atoms with Crippen molar-refractivity contribution in [2.24, 2.45) is 0 Å². The zero-order valence-corrected chi connectivity index (χ0v) is 11.1. The van der Waals surface area contributed by atoms with Crippen molar-refractivity contribution in [1.29, 1.82) is 0 Å². The summed E-state index contributed by atoms with van der Waals surface area (Å²) in [6, 6.07) is 12.8. The number of aromatic carboxylic acids is 1.